The minimum atomic E-state index is -0.427. The van der Waals surface area contributed by atoms with Crippen molar-refractivity contribution in [1.82, 2.24) is 9.88 Å². The fourth-order valence-electron chi connectivity index (χ4n) is 3.55. The molecule has 0 radical (unpaired) electrons. The van der Waals surface area contributed by atoms with E-state index in [0.717, 1.165) is 23.1 Å². The molecule has 3 rings (SSSR count). The van der Waals surface area contributed by atoms with Crippen LogP contribution in [0.15, 0.2) is 92.0 Å². The fraction of sp³-hybridized carbons (Fsp3) is 0.115. The third-order valence-corrected chi connectivity index (χ3v) is 4.89. The fourth-order valence-corrected chi connectivity index (χ4v) is 3.55. The Labute approximate surface area is 177 Å². The predicted octanol–water partition coefficient (Wildman–Crippen LogP) is 5.56. The van der Waals surface area contributed by atoms with Crippen molar-refractivity contribution in [2.75, 3.05) is 0 Å². The van der Waals surface area contributed by atoms with Gasteiger partial charge >= 0.3 is 0 Å². The third-order valence-electron chi connectivity index (χ3n) is 4.89. The average molecular weight is 396 g/mol. The molecule has 1 aliphatic rings. The van der Waals surface area contributed by atoms with Crippen LogP contribution in [0.4, 0.5) is 0 Å². The maximum absolute atomic E-state index is 13.3. The van der Waals surface area contributed by atoms with E-state index in [2.05, 4.69) is 24.2 Å². The number of allylic oxidation sites excluding steroid dienone is 5. The van der Waals surface area contributed by atoms with Crippen molar-refractivity contribution in [2.24, 2.45) is 0 Å². The standard InChI is InChI=1S/C26H24N2O2/c1-5-8-13-20(7-3)28-25(29)18(4)24-22(14-9-15-23(24)26(28)30)21(11-6-2)19-12-10-16-27-17-19/h5,7-17H,1,4,6H2,2-3H3/b13-8-,20-7+,21-11+. The molecule has 4 heteroatoms. The zero-order valence-corrected chi connectivity index (χ0v) is 17.3. The first-order valence-electron chi connectivity index (χ1n) is 9.82. The van der Waals surface area contributed by atoms with Gasteiger partial charge in [0, 0.05) is 40.4 Å². The molecular weight excluding hydrogens is 372 g/mol. The van der Waals surface area contributed by atoms with E-state index in [1.807, 2.05) is 31.2 Å². The molecule has 0 spiro atoms. The summed E-state index contributed by atoms with van der Waals surface area (Å²) >= 11 is 0. The molecule has 0 fully saturated rings. The first-order chi connectivity index (χ1) is 14.5. The van der Waals surface area contributed by atoms with E-state index in [1.165, 1.54) is 4.90 Å². The molecule has 0 atom stereocenters. The van der Waals surface area contributed by atoms with E-state index in [1.54, 1.807) is 49.7 Å². The van der Waals surface area contributed by atoms with E-state index in [-0.39, 0.29) is 11.5 Å². The number of rotatable bonds is 6. The van der Waals surface area contributed by atoms with E-state index in [0.29, 0.717) is 16.8 Å². The predicted molar refractivity (Wildman–Crippen MR) is 121 cm³/mol. The quantitative estimate of drug-likeness (QED) is 0.365. The van der Waals surface area contributed by atoms with Crippen LogP contribution in [0.2, 0.25) is 0 Å². The van der Waals surface area contributed by atoms with Gasteiger partial charge in [-0.25, -0.2) is 4.90 Å². The van der Waals surface area contributed by atoms with Crippen LogP contribution in [0.3, 0.4) is 0 Å². The van der Waals surface area contributed by atoms with E-state index in [4.69, 9.17) is 0 Å². The number of hydrogen-bond donors (Lipinski definition) is 0. The lowest BCUT2D eigenvalue weighted by Crippen LogP contribution is -2.40. The largest absolute Gasteiger partial charge is 0.268 e. The van der Waals surface area contributed by atoms with Crippen molar-refractivity contribution >= 4 is 23.0 Å². The Morgan fingerprint density at radius 1 is 1.17 bits per heavy atom. The van der Waals surface area contributed by atoms with Crippen LogP contribution in [0.1, 0.15) is 47.3 Å². The topological polar surface area (TPSA) is 50.3 Å². The van der Waals surface area contributed by atoms with Gasteiger partial charge in [0.2, 0.25) is 0 Å². The maximum Gasteiger partial charge on any atom is 0.265 e. The summed E-state index contributed by atoms with van der Waals surface area (Å²) in [5.41, 5.74) is 4.46. The van der Waals surface area contributed by atoms with E-state index >= 15 is 0 Å². The number of pyridine rings is 1. The molecule has 30 heavy (non-hydrogen) atoms. The van der Waals surface area contributed by atoms with E-state index in [9.17, 15) is 9.59 Å². The Balaban J connectivity index is 2.20. The van der Waals surface area contributed by atoms with Crippen LogP contribution in [-0.2, 0) is 4.79 Å². The summed E-state index contributed by atoms with van der Waals surface area (Å²) in [6, 6.07) is 9.33. The summed E-state index contributed by atoms with van der Waals surface area (Å²) in [7, 11) is 0. The second kappa shape index (κ2) is 9.14. The lowest BCUT2D eigenvalue weighted by Gasteiger charge is -2.30. The van der Waals surface area contributed by atoms with Crippen LogP contribution >= 0.6 is 0 Å². The van der Waals surface area contributed by atoms with Crippen molar-refractivity contribution in [3.8, 4) is 0 Å². The van der Waals surface area contributed by atoms with Gasteiger partial charge in [0.15, 0.2) is 0 Å². The van der Waals surface area contributed by atoms with Gasteiger partial charge in [0.1, 0.15) is 0 Å². The van der Waals surface area contributed by atoms with Crippen LogP contribution in [0, 0.1) is 0 Å². The van der Waals surface area contributed by atoms with Crippen LogP contribution in [-0.4, -0.2) is 21.7 Å². The molecule has 1 aliphatic heterocycles. The Bertz CT molecular complexity index is 1110. The average Bonchev–Trinajstić information content (AvgIpc) is 2.78. The summed E-state index contributed by atoms with van der Waals surface area (Å²) in [6.07, 6.45) is 13.1. The number of aromatic nitrogens is 1. The highest BCUT2D eigenvalue weighted by molar-refractivity contribution is 6.32. The maximum atomic E-state index is 13.3. The zero-order valence-electron chi connectivity index (χ0n) is 17.3. The molecule has 0 N–H and O–H groups in total. The lowest BCUT2D eigenvalue weighted by atomic mass is 9.85. The molecule has 0 bridgehead atoms. The SMILES string of the molecule is C=C/C=C\C(=C/C)N1C(=O)C(=C)c2c(cccc2/C(=C/CC)c2cccnc2)C1=O. The Morgan fingerprint density at radius 2 is 1.97 bits per heavy atom. The second-order valence-electron chi connectivity index (χ2n) is 6.73. The smallest absolute Gasteiger partial charge is 0.265 e. The molecule has 0 saturated carbocycles. The molecule has 150 valence electrons. The molecule has 4 nitrogen and oxygen atoms in total. The Morgan fingerprint density at radius 3 is 2.60 bits per heavy atom. The third kappa shape index (κ3) is 3.72. The minimum Gasteiger partial charge on any atom is -0.268 e. The Hall–Kier alpha value is -3.79. The molecule has 1 aromatic heterocycles. The van der Waals surface area contributed by atoms with Gasteiger partial charge in [0.05, 0.1) is 0 Å². The number of benzene rings is 1. The van der Waals surface area contributed by atoms with Crippen LogP contribution in [0.25, 0.3) is 11.1 Å². The Kier molecular flexibility index (Phi) is 6.38. The molecular formula is C26H24N2O2. The van der Waals surface area contributed by atoms with Gasteiger partial charge in [-0.2, -0.15) is 0 Å². The normalized spacial score (nSPS) is 15.0. The molecule has 2 amide bonds. The van der Waals surface area contributed by atoms with Crippen LogP contribution in [0.5, 0.6) is 0 Å². The number of carbonyl (C=O) groups is 2. The molecule has 2 aromatic rings. The zero-order chi connectivity index (χ0) is 21.7. The van der Waals surface area contributed by atoms with Gasteiger partial charge < -0.3 is 0 Å². The summed E-state index contributed by atoms with van der Waals surface area (Å²) in [4.78, 5) is 31.9. The molecule has 1 aromatic carbocycles. The first kappa shape index (κ1) is 20.9. The van der Waals surface area contributed by atoms with Gasteiger partial charge in [-0.05, 0) is 42.7 Å². The highest BCUT2D eigenvalue weighted by Gasteiger charge is 2.37. The van der Waals surface area contributed by atoms with E-state index < -0.39 is 5.91 Å². The number of fused-ring (bicyclic) bond motifs is 1. The second-order valence-corrected chi connectivity index (χ2v) is 6.73. The van der Waals surface area contributed by atoms with Crippen molar-refractivity contribution in [3.63, 3.8) is 0 Å². The van der Waals surface area contributed by atoms with Crippen molar-refractivity contribution < 1.29 is 9.59 Å². The van der Waals surface area contributed by atoms with Gasteiger partial charge in [0.25, 0.3) is 11.8 Å². The summed E-state index contributed by atoms with van der Waals surface area (Å²) < 4.78 is 0. The summed E-state index contributed by atoms with van der Waals surface area (Å²) in [5.74, 6) is -0.795. The van der Waals surface area contributed by atoms with Crippen molar-refractivity contribution in [2.45, 2.75) is 20.3 Å². The number of amides is 2. The van der Waals surface area contributed by atoms with Gasteiger partial charge in [-0.1, -0.05) is 62.6 Å². The molecule has 0 saturated heterocycles. The lowest BCUT2D eigenvalue weighted by molar-refractivity contribution is -0.121. The number of nitrogens with zero attached hydrogens (tertiary/aromatic N) is 2. The number of hydrogen-bond acceptors (Lipinski definition) is 3. The molecule has 0 aliphatic carbocycles. The van der Waals surface area contributed by atoms with Crippen molar-refractivity contribution in [1.29, 1.82) is 0 Å². The van der Waals surface area contributed by atoms with Gasteiger partial charge in [-0.15, -0.1) is 0 Å². The van der Waals surface area contributed by atoms with Crippen molar-refractivity contribution in [3.05, 3.63) is 114 Å². The first-order valence-corrected chi connectivity index (χ1v) is 9.82. The number of imide groups is 1. The highest BCUT2D eigenvalue weighted by atomic mass is 16.2. The van der Waals surface area contributed by atoms with Gasteiger partial charge in [-0.3, -0.25) is 14.6 Å². The summed E-state index contributed by atoms with van der Waals surface area (Å²) in [5, 5.41) is 0. The molecule has 0 unspecified atom stereocenters. The highest BCUT2D eigenvalue weighted by Crippen LogP contribution is 2.37. The summed E-state index contributed by atoms with van der Waals surface area (Å²) in [6.45, 7) is 11.5. The minimum absolute atomic E-state index is 0.289. The molecule has 2 heterocycles. The monoisotopic (exact) mass is 396 g/mol. The number of carbonyl (C=O) groups excluding carboxylic acids is 2. The van der Waals surface area contributed by atoms with Crippen LogP contribution < -0.4 is 0 Å².